The number of nitrogens with zero attached hydrogens (tertiary/aromatic N) is 4. The summed E-state index contributed by atoms with van der Waals surface area (Å²) in [5, 5.41) is 0. The standard InChI is InChI=1S/C21H26.C15H18N2.2C14H16N2.C14H24.C14H16.C12H18.C9H8N2.4Fe/c1-21(2,3)18-14-19(16-10-6-4-7-11-16)20(15-18)17-12-8-5-9-13-17;1-11(2)13-7-4-5-8-15(13)17-12(3)14-9-6-10-16-14;1-11(2)13-7-3-4-8-14(13)16-10-12-6-5-9-15-12;1-3-12-7-4-5-8-14(12)16-11(2)13-9-6-10-15-13;2*1-10-11-6-2-4-8-13(11)14-9-5-3-7-12(10)14;1-8-9(2)11-6-4-5-7-12(11)10(8)3;1-2-6-10-8(4-1)9-5-3-7-11-9;;;;/h4-13,18-20H,14-15H2,1-3H3;4-11,16H,1-3H3;3-11,15H,1-2H3;4-10,15H,3H2,1-2H3;10-14H,2-9H2,1H3;2-14H,1H3;4-12H,1-3H3;1-7,11H;;;;. The van der Waals surface area contributed by atoms with Crippen molar-refractivity contribution in [2.45, 2.75) is 198 Å². The third-order valence-corrected chi connectivity index (χ3v) is 28.6. The molecule has 19 rings (SSSR count). The quantitative estimate of drug-likeness (QED) is 0.0709. The first kappa shape index (κ1) is 102. The molecule has 5 aromatic heterocycles. The molecular formula is C113H142Fe4N8. The Kier molecular flexibility index (Phi) is 41.9. The summed E-state index contributed by atoms with van der Waals surface area (Å²) < 4.78 is 0. The number of aliphatic imine (C=N–C) groups is 3. The number of aromatic amines is 4. The van der Waals surface area contributed by atoms with Crippen molar-refractivity contribution in [2.75, 3.05) is 0 Å². The molecule has 5 heterocycles. The summed E-state index contributed by atoms with van der Waals surface area (Å²) in [6.45, 7) is 34.3. The second-order valence-electron chi connectivity index (χ2n) is 37.5. The first-order chi connectivity index (χ1) is 58.8. The summed E-state index contributed by atoms with van der Waals surface area (Å²) in [6, 6.07) is 68.9. The van der Waals surface area contributed by atoms with Gasteiger partial charge in [0.25, 0.3) is 0 Å². The van der Waals surface area contributed by atoms with Crippen molar-refractivity contribution in [1.82, 2.24) is 24.9 Å². The zero-order valence-electron chi connectivity index (χ0n) is 77.0. The van der Waals surface area contributed by atoms with Crippen LogP contribution in [-0.2, 0) is 74.7 Å². The molecule has 6 saturated carbocycles. The number of fused-ring (bicyclic) bond motifs is 7. The van der Waals surface area contributed by atoms with Crippen LogP contribution in [0, 0.1) is 100 Å². The zero-order valence-corrected chi connectivity index (χ0v) is 81.4. The van der Waals surface area contributed by atoms with Crippen LogP contribution in [0.2, 0.25) is 0 Å². The van der Waals surface area contributed by atoms with Crippen LogP contribution in [0.5, 0.6) is 0 Å². The van der Waals surface area contributed by atoms with E-state index in [1.807, 2.05) is 130 Å². The van der Waals surface area contributed by atoms with Crippen molar-refractivity contribution in [3.05, 3.63) is 349 Å². The summed E-state index contributed by atoms with van der Waals surface area (Å²) >= 11 is 0. The van der Waals surface area contributed by atoms with Crippen molar-refractivity contribution < 1.29 is 68.3 Å². The molecule has 0 amide bonds. The Balaban J connectivity index is 0.000000177. The molecule has 9 aliphatic carbocycles. The third kappa shape index (κ3) is 27.7. The van der Waals surface area contributed by atoms with Gasteiger partial charge in [0.05, 0.1) is 63.2 Å². The number of hydrogen-bond donors (Lipinski definition) is 4. The van der Waals surface area contributed by atoms with Gasteiger partial charge in [0.15, 0.2) is 0 Å². The zero-order chi connectivity index (χ0) is 85.2. The van der Waals surface area contributed by atoms with Gasteiger partial charge in [0, 0.05) is 99.3 Å². The van der Waals surface area contributed by atoms with E-state index in [0.29, 0.717) is 29.1 Å². The molecular weight excluding hydrogens is 1690 g/mol. The molecule has 0 aliphatic heterocycles. The SMILES string of the molecule is CC(=Nc1ccccc1C(C)C)c1ccc[nH]1.CC(C)(C)C1CC(c2ccccc2)C(c2ccccc2)C1.CC(C)c1ccccc1N=Cc1ccc[nH]1.CC1C(C)C2C=CC=CC2C1C.CC1C2C=CC=CC2C2C=CC=CC12.CC1C2CCCCC2C2CCCCC12.CCc1ccccc1N=C(C)c1ccc[nH]1.[Fe].[Fe].[Fe].[Fe].c1ccc(-c2ccc[nH]2)nc1. The molecule has 14 unspecified atom stereocenters. The number of nitrogens with one attached hydrogen (secondary N) is 4. The summed E-state index contributed by atoms with van der Waals surface area (Å²) in [5.41, 5.74) is 17.7. The minimum Gasteiger partial charge on any atom is -0.360 e. The van der Waals surface area contributed by atoms with E-state index in [0.717, 1.165) is 158 Å². The molecule has 4 N–H and O–H groups in total. The van der Waals surface area contributed by atoms with Crippen LogP contribution in [0.15, 0.2) is 319 Å². The molecule has 5 aromatic carbocycles. The number of aryl methyl sites for hydroxylation is 1. The minimum absolute atomic E-state index is 0. The van der Waals surface area contributed by atoms with Crippen LogP contribution in [0.1, 0.15) is 237 Å². The second kappa shape index (κ2) is 51.2. The van der Waals surface area contributed by atoms with E-state index in [4.69, 9.17) is 4.99 Å². The van der Waals surface area contributed by atoms with Crippen LogP contribution < -0.4 is 0 Å². The van der Waals surface area contributed by atoms with Gasteiger partial charge in [-0.2, -0.15) is 0 Å². The van der Waals surface area contributed by atoms with Gasteiger partial charge in [-0.15, -0.1) is 0 Å². The summed E-state index contributed by atoms with van der Waals surface area (Å²) in [5.74, 6) is 16.9. The van der Waals surface area contributed by atoms with Crippen molar-refractivity contribution in [3.63, 3.8) is 0 Å². The van der Waals surface area contributed by atoms with Crippen molar-refractivity contribution in [2.24, 2.45) is 115 Å². The van der Waals surface area contributed by atoms with Crippen LogP contribution in [0.4, 0.5) is 17.1 Å². The minimum atomic E-state index is 0. The number of H-pyrrole nitrogens is 4. The average Bonchev–Trinajstić information content (AvgIpc) is 1.69. The molecule has 10 aromatic rings. The normalized spacial score (nSPS) is 26.0. The van der Waals surface area contributed by atoms with Gasteiger partial charge in [0.2, 0.25) is 0 Å². The maximum absolute atomic E-state index is 4.71. The number of para-hydroxylation sites is 3. The predicted octanol–water partition coefficient (Wildman–Crippen LogP) is 30.8. The Morgan fingerprint density at radius 3 is 1.23 bits per heavy atom. The molecule has 9 aliphatic rings. The van der Waals surface area contributed by atoms with Gasteiger partial charge < -0.3 is 19.9 Å². The third-order valence-electron chi connectivity index (χ3n) is 28.6. The van der Waals surface area contributed by atoms with E-state index in [-0.39, 0.29) is 68.3 Å². The van der Waals surface area contributed by atoms with Gasteiger partial charge in [-0.05, 0) is 289 Å². The number of hydrogen-bond acceptors (Lipinski definition) is 4. The van der Waals surface area contributed by atoms with E-state index in [9.17, 15) is 0 Å². The fourth-order valence-electron chi connectivity index (χ4n) is 21.4. The molecule has 0 saturated heterocycles. The molecule has 125 heavy (non-hydrogen) atoms. The van der Waals surface area contributed by atoms with E-state index < -0.39 is 0 Å². The molecule has 0 radical (unpaired) electrons. The van der Waals surface area contributed by atoms with Crippen LogP contribution in [0.25, 0.3) is 11.4 Å². The van der Waals surface area contributed by atoms with Crippen LogP contribution in [-0.4, -0.2) is 42.6 Å². The summed E-state index contributed by atoms with van der Waals surface area (Å²) in [6.07, 6.45) is 55.0. The van der Waals surface area contributed by atoms with E-state index >= 15 is 0 Å². The molecule has 0 spiro atoms. The molecule has 14 atom stereocenters. The smallest absolute Gasteiger partial charge is 0.0864 e. The Bertz CT molecular complexity index is 4860. The monoisotopic (exact) mass is 1830 g/mol. The number of pyridine rings is 1. The first-order valence-electron chi connectivity index (χ1n) is 46.3. The van der Waals surface area contributed by atoms with Gasteiger partial charge in [-0.3, -0.25) is 20.0 Å². The Hall–Kier alpha value is -8.10. The fraction of sp³-hybridized carbons (Fsp3) is 0.416. The van der Waals surface area contributed by atoms with Crippen molar-refractivity contribution in [3.8, 4) is 11.4 Å². The number of rotatable bonds is 12. The van der Waals surface area contributed by atoms with Crippen molar-refractivity contribution >= 4 is 34.7 Å². The molecule has 6 fully saturated rings. The molecule has 12 heteroatoms. The summed E-state index contributed by atoms with van der Waals surface area (Å²) in [4.78, 5) is 30.6. The van der Waals surface area contributed by atoms with E-state index in [1.54, 1.807) is 31.9 Å². The van der Waals surface area contributed by atoms with E-state index in [2.05, 4.69) is 313 Å². The van der Waals surface area contributed by atoms with Gasteiger partial charge in [0.1, 0.15) is 0 Å². The topological polar surface area (TPSA) is 113 Å². The van der Waals surface area contributed by atoms with Gasteiger partial charge >= 0.3 is 0 Å². The van der Waals surface area contributed by atoms with Crippen LogP contribution >= 0.6 is 0 Å². The Labute approximate surface area is 795 Å². The van der Waals surface area contributed by atoms with E-state index in [1.165, 1.54) is 66.3 Å². The Morgan fingerprint density at radius 1 is 0.400 bits per heavy atom. The van der Waals surface area contributed by atoms with Gasteiger partial charge in [-0.25, -0.2) is 0 Å². The summed E-state index contributed by atoms with van der Waals surface area (Å²) in [7, 11) is 0. The maximum atomic E-state index is 4.71. The average molecular weight is 1840 g/mol. The number of benzene rings is 5. The molecule has 8 nitrogen and oxygen atoms in total. The van der Waals surface area contributed by atoms with Gasteiger partial charge in [-0.1, -0.05) is 310 Å². The van der Waals surface area contributed by atoms with Crippen LogP contribution in [0.3, 0.4) is 0 Å². The maximum Gasteiger partial charge on any atom is 0.0864 e. The predicted molar refractivity (Wildman–Crippen MR) is 517 cm³/mol. The number of allylic oxidation sites excluding steroid dienone is 12. The second-order valence-corrected chi connectivity index (χ2v) is 37.5. The fourth-order valence-corrected chi connectivity index (χ4v) is 21.4. The first-order valence-corrected chi connectivity index (χ1v) is 46.3. The largest absolute Gasteiger partial charge is 0.360 e. The molecule has 666 valence electrons. The molecule has 0 bridgehead atoms. The van der Waals surface area contributed by atoms with Crippen molar-refractivity contribution in [1.29, 1.82) is 0 Å². The number of aromatic nitrogens is 5. The Morgan fingerprint density at radius 2 is 0.800 bits per heavy atom.